The van der Waals surface area contributed by atoms with Gasteiger partial charge in [-0.2, -0.15) is 0 Å². The minimum Gasteiger partial charge on any atom is -0.497 e. The first-order valence-electron chi connectivity index (χ1n) is 7.25. The number of likely N-dealkylation sites (tertiary alicyclic amines) is 1. The maximum Gasteiger partial charge on any atom is 0.488 e. The van der Waals surface area contributed by atoms with Crippen LogP contribution < -0.4 is 10.2 Å². The Morgan fingerprint density at radius 1 is 1.25 bits per heavy atom. The molecule has 5 heteroatoms. The van der Waals surface area contributed by atoms with Crippen molar-refractivity contribution in [3.8, 4) is 5.75 Å². The van der Waals surface area contributed by atoms with Gasteiger partial charge < -0.3 is 14.8 Å². The summed E-state index contributed by atoms with van der Waals surface area (Å²) in [5, 5.41) is 19.0. The lowest BCUT2D eigenvalue weighted by atomic mass is 9.76. The number of piperidine rings is 1. The summed E-state index contributed by atoms with van der Waals surface area (Å²) in [5.41, 5.74) is 1.50. The van der Waals surface area contributed by atoms with Crippen LogP contribution in [0.15, 0.2) is 18.2 Å². The molecule has 1 aromatic rings. The Morgan fingerprint density at radius 2 is 1.90 bits per heavy atom. The highest BCUT2D eigenvalue weighted by Crippen LogP contribution is 2.23. The van der Waals surface area contributed by atoms with Crippen molar-refractivity contribution >= 4 is 12.6 Å². The SMILES string of the molecule is COc1ccc(B(O)O)c(CN2CC(C)CC(C)C2)c1. The van der Waals surface area contributed by atoms with Gasteiger partial charge in [0.2, 0.25) is 0 Å². The van der Waals surface area contributed by atoms with Crippen LogP contribution in [-0.4, -0.2) is 42.3 Å². The number of methoxy groups -OCH3 is 1. The van der Waals surface area contributed by atoms with Gasteiger partial charge in [0.05, 0.1) is 7.11 Å². The average Bonchev–Trinajstić information content (AvgIpc) is 2.37. The highest BCUT2D eigenvalue weighted by molar-refractivity contribution is 6.59. The number of hydrogen-bond donors (Lipinski definition) is 2. The van der Waals surface area contributed by atoms with E-state index in [1.54, 1.807) is 19.2 Å². The summed E-state index contributed by atoms with van der Waals surface area (Å²) in [6, 6.07) is 5.40. The Kier molecular flexibility index (Phi) is 5.08. The first-order chi connectivity index (χ1) is 9.49. The molecule has 2 unspecified atom stereocenters. The van der Waals surface area contributed by atoms with Crippen LogP contribution in [0.5, 0.6) is 5.75 Å². The molecule has 1 aliphatic heterocycles. The van der Waals surface area contributed by atoms with Gasteiger partial charge >= 0.3 is 7.12 Å². The van der Waals surface area contributed by atoms with Crippen LogP contribution in [0.2, 0.25) is 0 Å². The van der Waals surface area contributed by atoms with Crippen molar-refractivity contribution < 1.29 is 14.8 Å². The normalized spacial score (nSPS) is 23.6. The molecular formula is C15H24BNO3. The van der Waals surface area contributed by atoms with E-state index in [0.717, 1.165) is 30.9 Å². The third kappa shape index (κ3) is 3.75. The van der Waals surface area contributed by atoms with Crippen molar-refractivity contribution in [3.05, 3.63) is 23.8 Å². The Hall–Kier alpha value is -1.04. The average molecular weight is 277 g/mol. The van der Waals surface area contributed by atoms with Gasteiger partial charge in [-0.15, -0.1) is 0 Å². The van der Waals surface area contributed by atoms with Gasteiger partial charge in [-0.25, -0.2) is 0 Å². The second kappa shape index (κ2) is 6.61. The zero-order chi connectivity index (χ0) is 14.7. The second-order valence-corrected chi connectivity index (χ2v) is 6.08. The summed E-state index contributed by atoms with van der Waals surface area (Å²) < 4.78 is 5.24. The predicted molar refractivity (Wildman–Crippen MR) is 81.0 cm³/mol. The molecule has 2 rings (SSSR count). The molecule has 0 amide bonds. The fourth-order valence-corrected chi connectivity index (χ4v) is 3.26. The number of ether oxygens (including phenoxy) is 1. The van der Waals surface area contributed by atoms with Crippen molar-refractivity contribution in [3.63, 3.8) is 0 Å². The molecule has 2 N–H and O–H groups in total. The van der Waals surface area contributed by atoms with E-state index in [-0.39, 0.29) is 0 Å². The Morgan fingerprint density at radius 3 is 2.45 bits per heavy atom. The van der Waals surface area contributed by atoms with E-state index in [9.17, 15) is 10.0 Å². The summed E-state index contributed by atoms with van der Waals surface area (Å²) in [7, 11) is 0.190. The van der Waals surface area contributed by atoms with Crippen molar-refractivity contribution in [2.24, 2.45) is 11.8 Å². The van der Waals surface area contributed by atoms with Crippen LogP contribution in [-0.2, 0) is 6.54 Å². The van der Waals surface area contributed by atoms with E-state index in [2.05, 4.69) is 18.7 Å². The maximum atomic E-state index is 9.50. The van der Waals surface area contributed by atoms with Crippen molar-refractivity contribution in [1.29, 1.82) is 0 Å². The summed E-state index contributed by atoms with van der Waals surface area (Å²) in [4.78, 5) is 2.39. The van der Waals surface area contributed by atoms with Gasteiger partial charge in [0, 0.05) is 19.6 Å². The molecule has 1 aromatic carbocycles. The lowest BCUT2D eigenvalue weighted by molar-refractivity contribution is 0.134. The molecule has 0 aliphatic carbocycles. The number of rotatable bonds is 4. The molecule has 0 spiro atoms. The third-order valence-electron chi connectivity index (χ3n) is 3.97. The van der Waals surface area contributed by atoms with Crippen molar-refractivity contribution in [1.82, 2.24) is 4.90 Å². The lowest BCUT2D eigenvalue weighted by Gasteiger charge is -2.35. The summed E-state index contributed by atoms with van der Waals surface area (Å²) >= 11 is 0. The quantitative estimate of drug-likeness (QED) is 0.801. The van der Waals surface area contributed by atoms with Crippen molar-refractivity contribution in [2.75, 3.05) is 20.2 Å². The highest BCUT2D eigenvalue weighted by atomic mass is 16.5. The van der Waals surface area contributed by atoms with E-state index >= 15 is 0 Å². The molecule has 1 fully saturated rings. The van der Waals surface area contributed by atoms with E-state index in [4.69, 9.17) is 4.74 Å². The minimum absolute atomic E-state index is 0.566. The van der Waals surface area contributed by atoms with E-state index in [1.807, 2.05) is 6.07 Å². The van der Waals surface area contributed by atoms with E-state index < -0.39 is 7.12 Å². The van der Waals surface area contributed by atoms with Crippen LogP contribution in [0.4, 0.5) is 0 Å². The summed E-state index contributed by atoms with van der Waals surface area (Å²) in [5.74, 6) is 2.13. The zero-order valence-electron chi connectivity index (χ0n) is 12.5. The molecule has 110 valence electrons. The van der Waals surface area contributed by atoms with E-state index in [0.29, 0.717) is 17.3 Å². The third-order valence-corrected chi connectivity index (χ3v) is 3.97. The summed E-state index contributed by atoms with van der Waals surface area (Å²) in [6.45, 7) is 7.40. The predicted octanol–water partition coefficient (Wildman–Crippen LogP) is 0.853. The molecule has 0 aromatic heterocycles. The molecule has 0 radical (unpaired) electrons. The molecule has 1 saturated heterocycles. The van der Waals surface area contributed by atoms with Gasteiger partial charge in [-0.05, 0) is 41.4 Å². The van der Waals surface area contributed by atoms with E-state index in [1.165, 1.54) is 6.42 Å². The van der Waals surface area contributed by atoms with Crippen molar-refractivity contribution in [2.45, 2.75) is 26.8 Å². The largest absolute Gasteiger partial charge is 0.497 e. The van der Waals surface area contributed by atoms with Crippen LogP contribution in [0, 0.1) is 11.8 Å². The maximum absolute atomic E-state index is 9.50. The molecule has 0 saturated carbocycles. The molecule has 1 heterocycles. The minimum atomic E-state index is -1.43. The zero-order valence-corrected chi connectivity index (χ0v) is 12.5. The number of nitrogens with zero attached hydrogens (tertiary/aromatic N) is 1. The lowest BCUT2D eigenvalue weighted by Crippen LogP contribution is -2.41. The first-order valence-corrected chi connectivity index (χ1v) is 7.25. The highest BCUT2D eigenvalue weighted by Gasteiger charge is 2.24. The molecular weight excluding hydrogens is 253 g/mol. The standard InChI is InChI=1S/C15H24BNO3/c1-11-6-12(2)9-17(8-11)10-13-7-14(20-3)4-5-15(13)16(18)19/h4-5,7,11-12,18-19H,6,8-10H2,1-3H3. The van der Waals surface area contributed by atoms with Crippen LogP contribution in [0.3, 0.4) is 0 Å². The van der Waals surface area contributed by atoms with Gasteiger partial charge in [0.1, 0.15) is 5.75 Å². The molecule has 1 aliphatic rings. The topological polar surface area (TPSA) is 52.9 Å². The Bertz CT molecular complexity index is 443. The molecule has 4 nitrogen and oxygen atoms in total. The van der Waals surface area contributed by atoms with Gasteiger partial charge in [0.15, 0.2) is 0 Å². The smallest absolute Gasteiger partial charge is 0.488 e. The second-order valence-electron chi connectivity index (χ2n) is 6.08. The summed E-state index contributed by atoms with van der Waals surface area (Å²) in [6.07, 6.45) is 1.27. The Balaban J connectivity index is 2.18. The van der Waals surface area contributed by atoms with Gasteiger partial charge in [-0.1, -0.05) is 19.9 Å². The van der Waals surface area contributed by atoms with Crippen LogP contribution in [0.25, 0.3) is 0 Å². The molecule has 20 heavy (non-hydrogen) atoms. The monoisotopic (exact) mass is 277 g/mol. The van der Waals surface area contributed by atoms with Gasteiger partial charge in [0.25, 0.3) is 0 Å². The van der Waals surface area contributed by atoms with Crippen LogP contribution >= 0.6 is 0 Å². The fraction of sp³-hybridized carbons (Fsp3) is 0.600. The molecule has 2 atom stereocenters. The Labute approximate surface area is 121 Å². The molecule has 0 bridgehead atoms. The fourth-order valence-electron chi connectivity index (χ4n) is 3.26. The number of benzene rings is 1. The van der Waals surface area contributed by atoms with Crippen LogP contribution in [0.1, 0.15) is 25.8 Å². The first kappa shape index (κ1) is 15.4. The van der Waals surface area contributed by atoms with Gasteiger partial charge in [-0.3, -0.25) is 4.90 Å². The number of hydrogen-bond acceptors (Lipinski definition) is 4.